The molecule has 0 aliphatic carbocycles. The van der Waals surface area contributed by atoms with Crippen LogP contribution in [0.3, 0.4) is 0 Å². The van der Waals surface area contributed by atoms with Gasteiger partial charge in [0, 0.05) is 21.4 Å². The Labute approximate surface area is 168 Å². The van der Waals surface area contributed by atoms with E-state index in [9.17, 15) is 0 Å². The second-order valence-corrected chi connectivity index (χ2v) is 8.14. The number of hydrogen-bond acceptors (Lipinski definition) is 5. The number of aromatic nitrogens is 2. The van der Waals surface area contributed by atoms with Crippen LogP contribution in [0.1, 0.15) is 13.8 Å². The molecule has 3 aromatic rings. The average Bonchev–Trinajstić information content (AvgIpc) is 2.67. The fraction of sp³-hybridized carbons (Fsp3) is 0.238. The lowest BCUT2D eigenvalue weighted by Crippen LogP contribution is -1.98. The fourth-order valence-corrected chi connectivity index (χ4v) is 3.45. The molecule has 1 heterocycles. The van der Waals surface area contributed by atoms with Gasteiger partial charge in [0.25, 0.3) is 0 Å². The molecule has 140 valence electrons. The molecule has 0 saturated heterocycles. The highest BCUT2D eigenvalue weighted by Crippen LogP contribution is 2.34. The van der Waals surface area contributed by atoms with Gasteiger partial charge >= 0.3 is 0 Å². The van der Waals surface area contributed by atoms with Crippen LogP contribution >= 0.6 is 23.4 Å². The molecule has 4 nitrogen and oxygen atoms in total. The molecule has 0 atom stereocenters. The lowest BCUT2D eigenvalue weighted by Gasteiger charge is -2.12. The Balaban J connectivity index is 2.11. The molecule has 0 saturated carbocycles. The molecule has 27 heavy (non-hydrogen) atoms. The monoisotopic (exact) mass is 400 g/mol. The first kappa shape index (κ1) is 19.5. The Morgan fingerprint density at radius 1 is 0.815 bits per heavy atom. The minimum atomic E-state index is 0.378. The summed E-state index contributed by atoms with van der Waals surface area (Å²) in [5.74, 6) is 1.35. The summed E-state index contributed by atoms with van der Waals surface area (Å²) in [4.78, 5) is 9.48. The van der Waals surface area contributed by atoms with Gasteiger partial charge in [-0.3, -0.25) is 0 Å². The second kappa shape index (κ2) is 8.63. The molecule has 0 radical (unpaired) electrons. The van der Waals surface area contributed by atoms with E-state index in [1.165, 1.54) is 0 Å². The zero-order valence-corrected chi connectivity index (χ0v) is 17.3. The molecular weight excluding hydrogens is 380 g/mol. The maximum atomic E-state index is 6.03. The lowest BCUT2D eigenvalue weighted by molar-refractivity contribution is 0.355. The van der Waals surface area contributed by atoms with Crippen molar-refractivity contribution in [2.24, 2.45) is 0 Å². The Bertz CT molecular complexity index is 930. The molecule has 0 spiro atoms. The Morgan fingerprint density at radius 2 is 1.41 bits per heavy atom. The van der Waals surface area contributed by atoms with E-state index in [1.807, 2.05) is 48.5 Å². The van der Waals surface area contributed by atoms with Gasteiger partial charge in [-0.1, -0.05) is 49.3 Å². The summed E-state index contributed by atoms with van der Waals surface area (Å²) in [5.41, 5.74) is 3.62. The molecule has 0 unspecified atom stereocenters. The van der Waals surface area contributed by atoms with Gasteiger partial charge in [-0.05, 0) is 36.4 Å². The van der Waals surface area contributed by atoms with E-state index < -0.39 is 0 Å². The molecule has 1 aromatic heterocycles. The second-order valence-electron chi connectivity index (χ2n) is 6.16. The van der Waals surface area contributed by atoms with Crippen LogP contribution in [0.2, 0.25) is 5.02 Å². The van der Waals surface area contributed by atoms with Crippen LogP contribution in [0.15, 0.2) is 53.7 Å². The molecule has 3 rings (SSSR count). The number of rotatable bonds is 6. The van der Waals surface area contributed by atoms with Crippen LogP contribution in [0.4, 0.5) is 0 Å². The first-order valence-electron chi connectivity index (χ1n) is 8.54. The molecule has 0 aliphatic heterocycles. The van der Waals surface area contributed by atoms with Crippen molar-refractivity contribution in [1.29, 1.82) is 0 Å². The number of thioether (sulfide) groups is 1. The van der Waals surface area contributed by atoms with Gasteiger partial charge in [-0.25, -0.2) is 9.97 Å². The summed E-state index contributed by atoms with van der Waals surface area (Å²) in [6, 6.07) is 15.4. The van der Waals surface area contributed by atoms with Crippen LogP contribution in [0.25, 0.3) is 22.5 Å². The largest absolute Gasteiger partial charge is 0.493 e. The van der Waals surface area contributed by atoms with Crippen LogP contribution in [0, 0.1) is 0 Å². The highest BCUT2D eigenvalue weighted by atomic mass is 35.5. The molecule has 0 bridgehead atoms. The van der Waals surface area contributed by atoms with Crippen molar-refractivity contribution in [2.45, 2.75) is 24.3 Å². The van der Waals surface area contributed by atoms with E-state index >= 15 is 0 Å². The van der Waals surface area contributed by atoms with Gasteiger partial charge in [-0.2, -0.15) is 0 Å². The van der Waals surface area contributed by atoms with E-state index in [0.29, 0.717) is 21.8 Å². The van der Waals surface area contributed by atoms with E-state index in [4.69, 9.17) is 31.0 Å². The zero-order valence-electron chi connectivity index (χ0n) is 15.7. The van der Waals surface area contributed by atoms with Crippen molar-refractivity contribution in [3.8, 4) is 34.0 Å². The number of halogens is 1. The average molecular weight is 401 g/mol. The van der Waals surface area contributed by atoms with E-state index in [1.54, 1.807) is 26.0 Å². The van der Waals surface area contributed by atoms with Gasteiger partial charge in [0.1, 0.15) is 0 Å². The maximum absolute atomic E-state index is 6.03. The third-order valence-corrected chi connectivity index (χ3v) is 4.98. The minimum Gasteiger partial charge on any atom is -0.493 e. The minimum absolute atomic E-state index is 0.378. The SMILES string of the molecule is COc1ccc(-c2cc(-c3ccc(Cl)cc3)nc(SC(C)C)n2)cc1OC. The first-order chi connectivity index (χ1) is 13.0. The van der Waals surface area contributed by atoms with Crippen molar-refractivity contribution in [3.05, 3.63) is 53.6 Å². The predicted octanol–water partition coefficient (Wildman–Crippen LogP) is 5.98. The summed E-state index contributed by atoms with van der Waals surface area (Å²) >= 11 is 7.66. The van der Waals surface area contributed by atoms with Crippen LogP contribution in [-0.4, -0.2) is 29.4 Å². The number of methoxy groups -OCH3 is 2. The van der Waals surface area contributed by atoms with Gasteiger partial charge in [0.15, 0.2) is 16.7 Å². The molecule has 6 heteroatoms. The molecule has 0 amide bonds. The first-order valence-corrected chi connectivity index (χ1v) is 9.80. The smallest absolute Gasteiger partial charge is 0.188 e. The number of ether oxygens (including phenoxy) is 2. The molecule has 0 N–H and O–H groups in total. The molecule has 0 fully saturated rings. The van der Waals surface area contributed by atoms with E-state index in [0.717, 1.165) is 27.7 Å². The third-order valence-electron chi connectivity index (χ3n) is 3.87. The number of nitrogens with zero attached hydrogens (tertiary/aromatic N) is 2. The zero-order chi connectivity index (χ0) is 19.4. The highest BCUT2D eigenvalue weighted by Gasteiger charge is 2.13. The van der Waals surface area contributed by atoms with Gasteiger partial charge < -0.3 is 9.47 Å². The van der Waals surface area contributed by atoms with Crippen molar-refractivity contribution in [3.63, 3.8) is 0 Å². The quantitative estimate of drug-likeness (QED) is 0.376. The summed E-state index contributed by atoms with van der Waals surface area (Å²) in [5, 5.41) is 1.82. The van der Waals surface area contributed by atoms with Gasteiger partial charge in [-0.15, -0.1) is 0 Å². The molecule has 2 aromatic carbocycles. The Kier molecular flexibility index (Phi) is 6.24. The highest BCUT2D eigenvalue weighted by molar-refractivity contribution is 7.99. The Hall–Kier alpha value is -2.24. The van der Waals surface area contributed by atoms with Crippen LogP contribution in [0.5, 0.6) is 11.5 Å². The van der Waals surface area contributed by atoms with Crippen LogP contribution in [-0.2, 0) is 0 Å². The van der Waals surface area contributed by atoms with Crippen molar-refractivity contribution < 1.29 is 9.47 Å². The predicted molar refractivity (Wildman–Crippen MR) is 112 cm³/mol. The third kappa shape index (κ3) is 4.73. The van der Waals surface area contributed by atoms with Crippen molar-refractivity contribution in [2.75, 3.05) is 14.2 Å². The maximum Gasteiger partial charge on any atom is 0.188 e. The molecular formula is C21H21ClN2O2S. The Morgan fingerprint density at radius 3 is 2.00 bits per heavy atom. The van der Waals surface area contributed by atoms with Crippen molar-refractivity contribution in [1.82, 2.24) is 9.97 Å². The number of hydrogen-bond donors (Lipinski definition) is 0. The summed E-state index contributed by atoms with van der Waals surface area (Å²) < 4.78 is 10.8. The van der Waals surface area contributed by atoms with E-state index in [-0.39, 0.29) is 0 Å². The fourth-order valence-electron chi connectivity index (χ4n) is 2.60. The van der Waals surface area contributed by atoms with Gasteiger partial charge in [0.2, 0.25) is 0 Å². The van der Waals surface area contributed by atoms with Crippen molar-refractivity contribution >= 4 is 23.4 Å². The lowest BCUT2D eigenvalue weighted by atomic mass is 10.1. The van der Waals surface area contributed by atoms with Gasteiger partial charge in [0.05, 0.1) is 25.6 Å². The summed E-state index contributed by atoms with van der Waals surface area (Å²) in [6.45, 7) is 4.25. The number of benzene rings is 2. The van der Waals surface area contributed by atoms with E-state index in [2.05, 4.69) is 13.8 Å². The summed E-state index contributed by atoms with van der Waals surface area (Å²) in [6.07, 6.45) is 0. The standard InChI is InChI=1S/C21H21ClN2O2S/c1-13(2)27-21-23-17(14-5-8-16(22)9-6-14)12-18(24-21)15-7-10-19(25-3)20(11-15)26-4/h5-13H,1-4H3. The summed E-state index contributed by atoms with van der Waals surface area (Å²) in [7, 11) is 3.25. The normalized spacial score (nSPS) is 10.9. The topological polar surface area (TPSA) is 44.2 Å². The van der Waals surface area contributed by atoms with Crippen LogP contribution < -0.4 is 9.47 Å². The molecule has 0 aliphatic rings.